The molecule has 2 unspecified atom stereocenters. The Kier molecular flexibility index (Phi) is 7.89. The first-order valence-electron chi connectivity index (χ1n) is 12.3. The third-order valence-corrected chi connectivity index (χ3v) is 8.57. The number of rotatable bonds is 7. The second kappa shape index (κ2) is 9.91. The van der Waals surface area contributed by atoms with E-state index in [0.29, 0.717) is 24.2 Å². The molecule has 0 aromatic heterocycles. The molecule has 176 valence electrons. The van der Waals surface area contributed by atoms with Gasteiger partial charge in [-0.2, -0.15) is 0 Å². The topological polar surface area (TPSA) is 80.9 Å². The van der Waals surface area contributed by atoms with Crippen LogP contribution in [0.25, 0.3) is 0 Å². The van der Waals surface area contributed by atoms with E-state index in [9.17, 15) is 20.4 Å². The standard InChI is InChI=1S/C27H44O4/c1-18-7-10-22(29)15-21(18)9-8-20-6-5-13-27(4)24(11-12-25(20)27)19(2)14-23(30)16-26(3,31)17-28/h8-9,19,22-25,28-31H,1,5-7,10-17H2,2-4H3/t19-,22-,23?,24-,25-,26?,27+/m1/s1. The fourth-order valence-corrected chi connectivity index (χ4v) is 6.86. The van der Waals surface area contributed by atoms with E-state index < -0.39 is 11.7 Å². The summed E-state index contributed by atoms with van der Waals surface area (Å²) in [6.45, 7) is 10.2. The molecule has 0 aromatic rings. The first-order chi connectivity index (χ1) is 14.6. The molecule has 4 heteroatoms. The second-order valence-corrected chi connectivity index (χ2v) is 11.3. The Morgan fingerprint density at radius 2 is 1.97 bits per heavy atom. The minimum absolute atomic E-state index is 0.217. The summed E-state index contributed by atoms with van der Waals surface area (Å²) in [5.41, 5.74) is 2.97. The van der Waals surface area contributed by atoms with Gasteiger partial charge in [0.15, 0.2) is 0 Å². The van der Waals surface area contributed by atoms with Crippen LogP contribution in [0.2, 0.25) is 0 Å². The van der Waals surface area contributed by atoms with Crippen LogP contribution in [0.3, 0.4) is 0 Å². The summed E-state index contributed by atoms with van der Waals surface area (Å²) in [4.78, 5) is 0. The molecule has 0 saturated heterocycles. The Labute approximate surface area is 188 Å². The average Bonchev–Trinajstić information content (AvgIpc) is 3.05. The normalized spacial score (nSPS) is 38.2. The Bertz CT molecular complexity index is 706. The van der Waals surface area contributed by atoms with E-state index in [1.165, 1.54) is 36.8 Å². The molecule has 4 N–H and O–H groups in total. The molecule has 0 aromatic carbocycles. The molecule has 31 heavy (non-hydrogen) atoms. The number of aliphatic hydroxyl groups is 4. The number of aliphatic hydroxyl groups excluding tert-OH is 3. The van der Waals surface area contributed by atoms with E-state index >= 15 is 0 Å². The minimum atomic E-state index is -1.22. The first kappa shape index (κ1) is 24.7. The molecule has 0 bridgehead atoms. The van der Waals surface area contributed by atoms with Crippen LogP contribution >= 0.6 is 0 Å². The van der Waals surface area contributed by atoms with Gasteiger partial charge in [-0.1, -0.05) is 43.7 Å². The number of allylic oxidation sites excluding steroid dienone is 4. The third-order valence-electron chi connectivity index (χ3n) is 8.57. The fourth-order valence-electron chi connectivity index (χ4n) is 6.86. The molecule has 3 aliphatic carbocycles. The summed E-state index contributed by atoms with van der Waals surface area (Å²) in [6, 6.07) is 0. The van der Waals surface area contributed by atoms with Crippen molar-refractivity contribution in [3.8, 4) is 0 Å². The van der Waals surface area contributed by atoms with Gasteiger partial charge in [-0.15, -0.1) is 0 Å². The van der Waals surface area contributed by atoms with Crippen LogP contribution in [0.4, 0.5) is 0 Å². The Morgan fingerprint density at radius 3 is 2.68 bits per heavy atom. The molecule has 7 atom stereocenters. The fraction of sp³-hybridized carbons (Fsp3) is 0.778. The van der Waals surface area contributed by atoms with E-state index in [4.69, 9.17) is 0 Å². The van der Waals surface area contributed by atoms with Gasteiger partial charge < -0.3 is 20.4 Å². The van der Waals surface area contributed by atoms with Gasteiger partial charge in [0.25, 0.3) is 0 Å². The maximum absolute atomic E-state index is 10.5. The molecule has 3 fully saturated rings. The monoisotopic (exact) mass is 432 g/mol. The van der Waals surface area contributed by atoms with Crippen molar-refractivity contribution in [3.05, 3.63) is 35.5 Å². The van der Waals surface area contributed by atoms with Crippen molar-refractivity contribution in [1.82, 2.24) is 0 Å². The third kappa shape index (κ3) is 5.71. The molecular weight excluding hydrogens is 388 g/mol. The molecule has 3 rings (SSSR count). The lowest BCUT2D eigenvalue weighted by molar-refractivity contribution is -0.0439. The quantitative estimate of drug-likeness (QED) is 0.471. The van der Waals surface area contributed by atoms with Crippen molar-refractivity contribution in [2.24, 2.45) is 23.2 Å². The largest absolute Gasteiger partial charge is 0.393 e. The molecule has 0 spiro atoms. The maximum Gasteiger partial charge on any atom is 0.0874 e. The van der Waals surface area contributed by atoms with Crippen LogP contribution in [-0.4, -0.2) is 44.8 Å². The number of hydrogen-bond donors (Lipinski definition) is 4. The predicted octanol–water partition coefficient (Wildman–Crippen LogP) is 4.68. The zero-order chi connectivity index (χ0) is 22.8. The Balaban J connectivity index is 1.70. The van der Waals surface area contributed by atoms with Crippen LogP contribution in [0.15, 0.2) is 35.5 Å². The molecule has 0 aliphatic heterocycles. The van der Waals surface area contributed by atoms with Gasteiger partial charge in [-0.25, -0.2) is 0 Å². The lowest BCUT2D eigenvalue weighted by atomic mass is 9.60. The van der Waals surface area contributed by atoms with Gasteiger partial charge in [0, 0.05) is 6.42 Å². The smallest absolute Gasteiger partial charge is 0.0874 e. The van der Waals surface area contributed by atoms with E-state index in [1.54, 1.807) is 12.5 Å². The van der Waals surface area contributed by atoms with Crippen LogP contribution < -0.4 is 0 Å². The highest BCUT2D eigenvalue weighted by Gasteiger charge is 2.50. The highest BCUT2D eigenvalue weighted by Crippen LogP contribution is 2.60. The SMILES string of the molecule is C=C1CC[C@@H](O)CC1=CC=C1CCC[C@]2(C)[C@@H]1CC[C@@H]2[C@H](C)CC(O)CC(C)(O)CO. The van der Waals surface area contributed by atoms with Crippen LogP contribution in [0, 0.1) is 23.2 Å². The number of fused-ring (bicyclic) bond motifs is 1. The summed E-state index contributed by atoms with van der Waals surface area (Å²) in [7, 11) is 0. The zero-order valence-electron chi connectivity index (χ0n) is 19.8. The molecule has 0 heterocycles. The van der Waals surface area contributed by atoms with Gasteiger partial charge in [0.1, 0.15) is 0 Å². The van der Waals surface area contributed by atoms with Crippen LogP contribution in [0.5, 0.6) is 0 Å². The van der Waals surface area contributed by atoms with E-state index in [2.05, 4.69) is 32.6 Å². The van der Waals surface area contributed by atoms with Crippen LogP contribution in [-0.2, 0) is 0 Å². The number of hydrogen-bond acceptors (Lipinski definition) is 4. The minimum Gasteiger partial charge on any atom is -0.393 e. The molecule has 0 radical (unpaired) electrons. The van der Waals surface area contributed by atoms with Crippen molar-refractivity contribution in [1.29, 1.82) is 0 Å². The highest BCUT2D eigenvalue weighted by atomic mass is 16.3. The van der Waals surface area contributed by atoms with Gasteiger partial charge in [-0.3, -0.25) is 0 Å². The van der Waals surface area contributed by atoms with Crippen molar-refractivity contribution in [2.75, 3.05) is 6.61 Å². The van der Waals surface area contributed by atoms with Gasteiger partial charge in [0.05, 0.1) is 24.4 Å². The molecule has 0 amide bonds. The average molecular weight is 433 g/mol. The van der Waals surface area contributed by atoms with Gasteiger partial charge in [-0.05, 0) is 93.5 Å². The lowest BCUT2D eigenvalue weighted by Gasteiger charge is -2.44. The summed E-state index contributed by atoms with van der Waals surface area (Å²) < 4.78 is 0. The molecular formula is C27H44O4. The molecule has 3 aliphatic rings. The first-order valence-corrected chi connectivity index (χ1v) is 12.3. The van der Waals surface area contributed by atoms with Crippen LogP contribution in [0.1, 0.15) is 85.0 Å². The van der Waals surface area contributed by atoms with E-state index in [0.717, 1.165) is 25.7 Å². The summed E-state index contributed by atoms with van der Waals surface area (Å²) >= 11 is 0. The lowest BCUT2D eigenvalue weighted by Crippen LogP contribution is -2.38. The molecule has 4 nitrogen and oxygen atoms in total. The summed E-state index contributed by atoms with van der Waals surface area (Å²) in [5.74, 6) is 1.53. The van der Waals surface area contributed by atoms with Gasteiger partial charge >= 0.3 is 0 Å². The maximum atomic E-state index is 10.5. The van der Waals surface area contributed by atoms with Crippen molar-refractivity contribution >= 4 is 0 Å². The van der Waals surface area contributed by atoms with Crippen molar-refractivity contribution in [3.63, 3.8) is 0 Å². The van der Waals surface area contributed by atoms with E-state index in [-0.39, 0.29) is 24.5 Å². The van der Waals surface area contributed by atoms with E-state index in [1.807, 2.05) is 0 Å². The molecule has 3 saturated carbocycles. The summed E-state index contributed by atoms with van der Waals surface area (Å²) in [5, 5.41) is 40.0. The Morgan fingerprint density at radius 1 is 1.23 bits per heavy atom. The zero-order valence-corrected chi connectivity index (χ0v) is 19.8. The van der Waals surface area contributed by atoms with Crippen molar-refractivity contribution in [2.45, 2.75) is 103 Å². The summed E-state index contributed by atoms with van der Waals surface area (Å²) in [6.07, 6.45) is 13.0. The van der Waals surface area contributed by atoms with Crippen molar-refractivity contribution < 1.29 is 20.4 Å². The van der Waals surface area contributed by atoms with Gasteiger partial charge in [0.2, 0.25) is 0 Å². The highest BCUT2D eigenvalue weighted by molar-refractivity contribution is 5.36. The Hall–Kier alpha value is -0.940. The predicted molar refractivity (Wildman–Crippen MR) is 125 cm³/mol. The second-order valence-electron chi connectivity index (χ2n) is 11.3.